The largest absolute Gasteiger partial charge is 0.332 e. The first kappa shape index (κ1) is 25.1. The average Bonchev–Trinajstić information content (AvgIpc) is 2.82. The number of aryl methyl sites for hydroxylation is 2. The molecule has 0 unspecified atom stereocenters. The summed E-state index contributed by atoms with van der Waals surface area (Å²) < 4.78 is 28.1. The number of rotatable bonds is 6. The standard InChI is InChI=1S/C28H25N3O3S2/c1-19-16-20(2)18-24(17-19)31-36(33,34)25-13-11-23(12-14-25)29-28(35)30-27(32)15-10-22-8-5-7-21-6-3-4-9-26(21)22/h3-18,31H,1-2H3,(H2,29,30,32,35)/b15-10+. The van der Waals surface area contributed by atoms with E-state index < -0.39 is 10.0 Å². The predicted molar refractivity (Wildman–Crippen MR) is 151 cm³/mol. The van der Waals surface area contributed by atoms with Gasteiger partial charge in [0.25, 0.3) is 10.0 Å². The van der Waals surface area contributed by atoms with Gasteiger partial charge in [0, 0.05) is 17.5 Å². The summed E-state index contributed by atoms with van der Waals surface area (Å²) in [6, 6.07) is 25.5. The van der Waals surface area contributed by atoms with Gasteiger partial charge >= 0.3 is 0 Å². The minimum atomic E-state index is -3.75. The number of benzene rings is 4. The van der Waals surface area contributed by atoms with Crippen molar-refractivity contribution in [3.63, 3.8) is 0 Å². The van der Waals surface area contributed by atoms with Crippen molar-refractivity contribution in [2.45, 2.75) is 18.7 Å². The lowest BCUT2D eigenvalue weighted by molar-refractivity contribution is -0.115. The predicted octanol–water partition coefficient (Wildman–Crippen LogP) is 5.78. The number of carbonyl (C=O) groups excluding carboxylic acids is 1. The monoisotopic (exact) mass is 515 g/mol. The van der Waals surface area contributed by atoms with Gasteiger partial charge in [0.1, 0.15) is 0 Å². The number of amides is 1. The SMILES string of the molecule is Cc1cc(C)cc(NS(=O)(=O)c2ccc(NC(=S)NC(=O)/C=C/c3cccc4ccccc34)cc2)c1. The molecule has 0 aliphatic rings. The Morgan fingerprint density at radius 3 is 2.22 bits per heavy atom. The second-order valence-corrected chi connectivity index (χ2v) is 10.4. The topological polar surface area (TPSA) is 87.3 Å². The zero-order chi connectivity index (χ0) is 25.7. The van der Waals surface area contributed by atoms with Gasteiger partial charge in [-0.15, -0.1) is 0 Å². The Labute approximate surface area is 216 Å². The Morgan fingerprint density at radius 1 is 0.833 bits per heavy atom. The summed E-state index contributed by atoms with van der Waals surface area (Å²) in [5, 5.41) is 7.73. The number of fused-ring (bicyclic) bond motifs is 1. The molecule has 0 atom stereocenters. The van der Waals surface area contributed by atoms with Crippen molar-refractivity contribution in [2.75, 3.05) is 10.0 Å². The first-order valence-electron chi connectivity index (χ1n) is 11.2. The Hall–Kier alpha value is -4.01. The van der Waals surface area contributed by atoms with Crippen LogP contribution >= 0.6 is 12.2 Å². The fraction of sp³-hybridized carbons (Fsp3) is 0.0714. The quantitative estimate of drug-likeness (QED) is 0.224. The molecule has 0 aliphatic heterocycles. The van der Waals surface area contributed by atoms with Gasteiger partial charge < -0.3 is 5.32 Å². The van der Waals surface area contributed by atoms with Gasteiger partial charge in [0.05, 0.1) is 4.90 Å². The van der Waals surface area contributed by atoms with Gasteiger partial charge in [-0.1, -0.05) is 48.5 Å². The summed E-state index contributed by atoms with van der Waals surface area (Å²) in [5.74, 6) is -0.378. The number of anilines is 2. The number of hydrogen-bond acceptors (Lipinski definition) is 4. The molecule has 4 aromatic rings. The van der Waals surface area contributed by atoms with E-state index >= 15 is 0 Å². The molecular weight excluding hydrogens is 490 g/mol. The average molecular weight is 516 g/mol. The van der Waals surface area contributed by atoms with E-state index in [9.17, 15) is 13.2 Å². The van der Waals surface area contributed by atoms with Gasteiger partial charge in [-0.25, -0.2) is 8.42 Å². The minimum absolute atomic E-state index is 0.103. The van der Waals surface area contributed by atoms with E-state index in [2.05, 4.69) is 15.4 Å². The molecule has 4 aromatic carbocycles. The highest BCUT2D eigenvalue weighted by molar-refractivity contribution is 7.92. The van der Waals surface area contributed by atoms with Crippen molar-refractivity contribution in [1.29, 1.82) is 0 Å². The highest BCUT2D eigenvalue weighted by Crippen LogP contribution is 2.21. The molecule has 4 rings (SSSR count). The number of hydrogen-bond donors (Lipinski definition) is 3. The lowest BCUT2D eigenvalue weighted by Gasteiger charge is -2.11. The van der Waals surface area contributed by atoms with E-state index in [4.69, 9.17) is 12.2 Å². The first-order chi connectivity index (χ1) is 17.2. The molecule has 0 spiro atoms. The molecule has 8 heteroatoms. The molecule has 0 saturated heterocycles. The summed E-state index contributed by atoms with van der Waals surface area (Å²) >= 11 is 5.23. The maximum absolute atomic E-state index is 12.8. The highest BCUT2D eigenvalue weighted by Gasteiger charge is 2.15. The van der Waals surface area contributed by atoms with Crippen molar-refractivity contribution in [3.8, 4) is 0 Å². The summed E-state index contributed by atoms with van der Waals surface area (Å²) in [6.07, 6.45) is 3.16. The normalized spacial score (nSPS) is 11.4. The zero-order valence-corrected chi connectivity index (χ0v) is 21.4. The molecule has 0 fully saturated rings. The molecular formula is C28H25N3O3S2. The van der Waals surface area contributed by atoms with Gasteiger partial charge in [0.15, 0.2) is 5.11 Å². The third-order valence-corrected chi connectivity index (χ3v) is 6.97. The number of nitrogens with one attached hydrogen (secondary N) is 3. The van der Waals surface area contributed by atoms with Crippen molar-refractivity contribution in [2.24, 2.45) is 0 Å². The fourth-order valence-electron chi connectivity index (χ4n) is 3.84. The van der Waals surface area contributed by atoms with E-state index in [1.54, 1.807) is 30.3 Å². The maximum Gasteiger partial charge on any atom is 0.261 e. The molecule has 3 N–H and O–H groups in total. The highest BCUT2D eigenvalue weighted by atomic mass is 32.2. The molecule has 0 saturated carbocycles. The van der Waals surface area contributed by atoms with E-state index in [0.717, 1.165) is 27.5 Å². The summed E-state index contributed by atoms with van der Waals surface area (Å²) in [4.78, 5) is 12.5. The van der Waals surface area contributed by atoms with E-state index in [1.165, 1.54) is 18.2 Å². The van der Waals surface area contributed by atoms with Crippen molar-refractivity contribution < 1.29 is 13.2 Å². The third-order valence-electron chi connectivity index (χ3n) is 5.37. The third kappa shape index (κ3) is 6.35. The van der Waals surface area contributed by atoms with E-state index in [-0.39, 0.29) is 15.9 Å². The second-order valence-electron chi connectivity index (χ2n) is 8.35. The van der Waals surface area contributed by atoms with Crippen LogP contribution in [-0.4, -0.2) is 19.4 Å². The van der Waals surface area contributed by atoms with E-state index in [1.807, 2.05) is 62.4 Å². The van der Waals surface area contributed by atoms with Crippen molar-refractivity contribution in [1.82, 2.24) is 5.32 Å². The van der Waals surface area contributed by atoms with Crippen LogP contribution in [0.4, 0.5) is 11.4 Å². The van der Waals surface area contributed by atoms with E-state index in [0.29, 0.717) is 11.4 Å². The van der Waals surface area contributed by atoms with Crippen LogP contribution in [0, 0.1) is 13.8 Å². The van der Waals surface area contributed by atoms with Crippen LogP contribution in [0.2, 0.25) is 0 Å². The van der Waals surface area contributed by atoms with Crippen LogP contribution in [0.1, 0.15) is 16.7 Å². The minimum Gasteiger partial charge on any atom is -0.332 e. The van der Waals surface area contributed by atoms with Crippen LogP contribution in [0.25, 0.3) is 16.8 Å². The van der Waals surface area contributed by atoms with Crippen LogP contribution in [0.15, 0.2) is 95.9 Å². The molecule has 0 bridgehead atoms. The summed E-state index contributed by atoms with van der Waals surface area (Å²) in [7, 11) is -3.75. The van der Waals surface area contributed by atoms with Crippen LogP contribution in [0.3, 0.4) is 0 Å². The Kier molecular flexibility index (Phi) is 7.47. The van der Waals surface area contributed by atoms with Crippen molar-refractivity contribution >= 4 is 61.5 Å². The molecule has 6 nitrogen and oxygen atoms in total. The van der Waals surface area contributed by atoms with Gasteiger partial charge in [-0.2, -0.15) is 0 Å². The lowest BCUT2D eigenvalue weighted by Crippen LogP contribution is -2.32. The van der Waals surface area contributed by atoms with Gasteiger partial charge in [0.2, 0.25) is 5.91 Å². The van der Waals surface area contributed by atoms with Gasteiger partial charge in [-0.3, -0.25) is 14.8 Å². The number of thiocarbonyl (C=S) groups is 1. The molecule has 0 radical (unpaired) electrons. The summed E-state index contributed by atoms with van der Waals surface area (Å²) in [6.45, 7) is 3.82. The molecule has 36 heavy (non-hydrogen) atoms. The first-order valence-corrected chi connectivity index (χ1v) is 13.1. The Balaban J connectivity index is 1.36. The Morgan fingerprint density at radius 2 is 1.50 bits per heavy atom. The molecule has 0 heterocycles. The maximum atomic E-state index is 12.8. The lowest BCUT2D eigenvalue weighted by atomic mass is 10.0. The van der Waals surface area contributed by atoms with Crippen molar-refractivity contribution in [3.05, 3.63) is 108 Å². The smallest absolute Gasteiger partial charge is 0.261 e. The number of carbonyl (C=O) groups is 1. The number of sulfonamides is 1. The van der Waals surface area contributed by atoms with Crippen LogP contribution in [0.5, 0.6) is 0 Å². The van der Waals surface area contributed by atoms with Gasteiger partial charge in [-0.05, 0) is 96.0 Å². The molecule has 182 valence electrons. The summed E-state index contributed by atoms with van der Waals surface area (Å²) in [5.41, 5.74) is 3.91. The second kappa shape index (κ2) is 10.7. The fourth-order valence-corrected chi connectivity index (χ4v) is 5.10. The molecule has 0 aliphatic carbocycles. The molecule has 0 aromatic heterocycles. The molecule has 1 amide bonds. The zero-order valence-electron chi connectivity index (χ0n) is 19.8. The van der Waals surface area contributed by atoms with Crippen LogP contribution < -0.4 is 15.4 Å². The van der Waals surface area contributed by atoms with Crippen LogP contribution in [-0.2, 0) is 14.8 Å². The Bertz CT molecular complexity index is 1550.